The highest BCUT2D eigenvalue weighted by Gasteiger charge is 2.25. The molecule has 1 atom stereocenters. The Hall–Kier alpha value is -3.02. The van der Waals surface area contributed by atoms with Crippen LogP contribution in [0.5, 0.6) is 0 Å². The Kier molecular flexibility index (Phi) is 2.93. The molecule has 6 nitrogen and oxygen atoms in total. The van der Waals surface area contributed by atoms with E-state index >= 15 is 0 Å². The number of anilines is 1. The first-order valence-electron chi connectivity index (χ1n) is 7.05. The van der Waals surface area contributed by atoms with Crippen molar-refractivity contribution in [3.05, 3.63) is 71.6 Å². The Morgan fingerprint density at radius 3 is 2.86 bits per heavy atom. The van der Waals surface area contributed by atoms with Gasteiger partial charge in [0, 0.05) is 23.7 Å². The number of hydrogen-bond acceptors (Lipinski definition) is 5. The van der Waals surface area contributed by atoms with Gasteiger partial charge in [0.1, 0.15) is 6.04 Å². The van der Waals surface area contributed by atoms with Gasteiger partial charge in [-0.2, -0.15) is 4.68 Å². The van der Waals surface area contributed by atoms with Gasteiger partial charge in [-0.3, -0.25) is 4.98 Å². The third-order valence-electron chi connectivity index (χ3n) is 3.81. The zero-order valence-corrected chi connectivity index (χ0v) is 12.0. The van der Waals surface area contributed by atoms with E-state index in [1.165, 1.54) is 11.1 Å². The SMILES string of the molecule is Cc1ccccc1C1C=C(c2cccnc2)Nc2nnnn21. The average Bonchev–Trinajstić information content (AvgIpc) is 3.04. The first kappa shape index (κ1) is 12.7. The van der Waals surface area contributed by atoms with Crippen molar-refractivity contribution in [3.63, 3.8) is 0 Å². The highest BCUT2D eigenvalue weighted by atomic mass is 15.6. The molecule has 0 saturated carbocycles. The molecule has 0 fully saturated rings. The monoisotopic (exact) mass is 290 g/mol. The standard InChI is InChI=1S/C16H14N6/c1-11-5-2-3-7-13(11)15-9-14(12-6-4-8-17-10-12)18-16-19-20-21-22(15)16/h2-10,15H,1H3,(H,18,19,21). The van der Waals surface area contributed by atoms with Gasteiger partial charge in [-0.05, 0) is 46.7 Å². The van der Waals surface area contributed by atoms with Crippen molar-refractivity contribution in [1.82, 2.24) is 25.2 Å². The van der Waals surface area contributed by atoms with Crippen molar-refractivity contribution in [1.29, 1.82) is 0 Å². The largest absolute Gasteiger partial charge is 0.323 e. The van der Waals surface area contributed by atoms with Crippen LogP contribution in [-0.4, -0.2) is 25.2 Å². The molecule has 6 heteroatoms. The summed E-state index contributed by atoms with van der Waals surface area (Å²) in [5.41, 5.74) is 4.36. The molecule has 1 aliphatic rings. The van der Waals surface area contributed by atoms with Gasteiger partial charge in [-0.25, -0.2) is 0 Å². The molecule has 0 saturated heterocycles. The molecule has 1 aromatic carbocycles. The number of rotatable bonds is 2. The van der Waals surface area contributed by atoms with E-state index in [1.807, 2.05) is 30.5 Å². The van der Waals surface area contributed by atoms with Crippen molar-refractivity contribution in [3.8, 4) is 0 Å². The number of allylic oxidation sites excluding steroid dienone is 1. The van der Waals surface area contributed by atoms with Crippen LogP contribution in [0.1, 0.15) is 22.7 Å². The molecule has 22 heavy (non-hydrogen) atoms. The Labute approximate surface area is 127 Å². The Morgan fingerprint density at radius 2 is 2.05 bits per heavy atom. The van der Waals surface area contributed by atoms with Crippen LogP contribution in [0.3, 0.4) is 0 Å². The zero-order chi connectivity index (χ0) is 14.9. The lowest BCUT2D eigenvalue weighted by Crippen LogP contribution is -2.20. The summed E-state index contributed by atoms with van der Waals surface area (Å²) >= 11 is 0. The first-order chi connectivity index (χ1) is 10.8. The summed E-state index contributed by atoms with van der Waals surface area (Å²) in [6.45, 7) is 2.10. The number of aromatic nitrogens is 5. The predicted molar refractivity (Wildman–Crippen MR) is 83.0 cm³/mol. The minimum absolute atomic E-state index is 0.0392. The lowest BCUT2D eigenvalue weighted by molar-refractivity contribution is 0.583. The van der Waals surface area contributed by atoms with Crippen LogP contribution >= 0.6 is 0 Å². The molecule has 1 N–H and O–H groups in total. The summed E-state index contributed by atoms with van der Waals surface area (Å²) < 4.78 is 1.79. The highest BCUT2D eigenvalue weighted by Crippen LogP contribution is 2.32. The van der Waals surface area contributed by atoms with Crippen LogP contribution in [0.2, 0.25) is 0 Å². The molecule has 3 heterocycles. The lowest BCUT2D eigenvalue weighted by Gasteiger charge is -2.24. The molecule has 108 valence electrons. The van der Waals surface area contributed by atoms with Gasteiger partial charge in [0.05, 0.1) is 0 Å². The van der Waals surface area contributed by atoms with Crippen LogP contribution in [0, 0.1) is 6.92 Å². The van der Waals surface area contributed by atoms with Gasteiger partial charge >= 0.3 is 0 Å². The third-order valence-corrected chi connectivity index (χ3v) is 3.81. The highest BCUT2D eigenvalue weighted by molar-refractivity contribution is 5.76. The van der Waals surface area contributed by atoms with Crippen LogP contribution in [-0.2, 0) is 0 Å². The summed E-state index contributed by atoms with van der Waals surface area (Å²) in [6.07, 6.45) is 5.71. The maximum Gasteiger partial charge on any atom is 0.248 e. The van der Waals surface area contributed by atoms with Crippen molar-refractivity contribution in [2.75, 3.05) is 5.32 Å². The molecule has 4 rings (SSSR count). The third kappa shape index (κ3) is 2.05. The number of hydrogen-bond donors (Lipinski definition) is 1. The van der Waals surface area contributed by atoms with Gasteiger partial charge in [-0.15, -0.1) is 0 Å². The van der Waals surface area contributed by atoms with E-state index in [9.17, 15) is 0 Å². The van der Waals surface area contributed by atoms with E-state index in [1.54, 1.807) is 10.9 Å². The number of benzene rings is 1. The van der Waals surface area contributed by atoms with Gasteiger partial charge in [0.15, 0.2) is 0 Å². The molecule has 0 amide bonds. The van der Waals surface area contributed by atoms with Gasteiger partial charge in [0.25, 0.3) is 0 Å². The number of aryl methyl sites for hydroxylation is 1. The number of nitrogens with one attached hydrogen (secondary N) is 1. The maximum atomic E-state index is 4.18. The molecule has 0 bridgehead atoms. The van der Waals surface area contributed by atoms with Gasteiger partial charge in [-0.1, -0.05) is 29.4 Å². The molecule has 0 aliphatic carbocycles. The molecular formula is C16H14N6. The summed E-state index contributed by atoms with van der Waals surface area (Å²) in [5, 5.41) is 15.2. The molecule has 0 spiro atoms. The lowest BCUT2D eigenvalue weighted by atomic mass is 9.98. The second-order valence-electron chi connectivity index (χ2n) is 5.20. The fourth-order valence-electron chi connectivity index (χ4n) is 2.68. The molecule has 2 aromatic heterocycles. The van der Waals surface area contributed by atoms with Crippen molar-refractivity contribution in [2.24, 2.45) is 0 Å². The Morgan fingerprint density at radius 1 is 1.14 bits per heavy atom. The fraction of sp³-hybridized carbons (Fsp3) is 0.125. The summed E-state index contributed by atoms with van der Waals surface area (Å²) in [5.74, 6) is 0.634. The topological polar surface area (TPSA) is 68.5 Å². The normalized spacial score (nSPS) is 16.6. The second-order valence-corrected chi connectivity index (χ2v) is 5.20. The molecular weight excluding hydrogens is 276 g/mol. The average molecular weight is 290 g/mol. The van der Waals surface area contributed by atoms with Gasteiger partial charge < -0.3 is 5.32 Å². The van der Waals surface area contributed by atoms with E-state index in [0.29, 0.717) is 5.95 Å². The smallest absolute Gasteiger partial charge is 0.248 e. The summed E-state index contributed by atoms with van der Waals surface area (Å²) in [4.78, 5) is 4.18. The van der Waals surface area contributed by atoms with E-state index < -0.39 is 0 Å². The van der Waals surface area contributed by atoms with E-state index in [-0.39, 0.29) is 6.04 Å². The van der Waals surface area contributed by atoms with E-state index in [2.05, 4.69) is 51.0 Å². The molecule has 1 aliphatic heterocycles. The van der Waals surface area contributed by atoms with E-state index in [4.69, 9.17) is 0 Å². The number of nitrogens with zero attached hydrogens (tertiary/aromatic N) is 5. The first-order valence-corrected chi connectivity index (χ1v) is 7.05. The van der Waals surface area contributed by atoms with Crippen LogP contribution in [0.15, 0.2) is 54.9 Å². The van der Waals surface area contributed by atoms with Crippen molar-refractivity contribution < 1.29 is 0 Å². The number of fused-ring (bicyclic) bond motifs is 1. The van der Waals surface area contributed by atoms with Crippen LogP contribution in [0.25, 0.3) is 5.70 Å². The molecule has 3 aromatic rings. The van der Waals surface area contributed by atoms with Crippen molar-refractivity contribution >= 4 is 11.6 Å². The van der Waals surface area contributed by atoms with Crippen LogP contribution in [0.4, 0.5) is 5.95 Å². The van der Waals surface area contributed by atoms with Crippen LogP contribution < -0.4 is 5.32 Å². The fourth-order valence-corrected chi connectivity index (χ4v) is 2.68. The maximum absolute atomic E-state index is 4.18. The van der Waals surface area contributed by atoms with Crippen molar-refractivity contribution in [2.45, 2.75) is 13.0 Å². The summed E-state index contributed by atoms with van der Waals surface area (Å²) in [7, 11) is 0. The van der Waals surface area contributed by atoms with E-state index in [0.717, 1.165) is 11.3 Å². The number of pyridine rings is 1. The molecule has 1 unspecified atom stereocenters. The minimum atomic E-state index is -0.0392. The quantitative estimate of drug-likeness (QED) is 0.785. The summed E-state index contributed by atoms with van der Waals surface area (Å²) in [6, 6.07) is 12.2. The van der Waals surface area contributed by atoms with Gasteiger partial charge in [0.2, 0.25) is 5.95 Å². The second kappa shape index (κ2) is 5.07. The number of tetrazole rings is 1. The zero-order valence-electron chi connectivity index (χ0n) is 12.0. The molecule has 0 radical (unpaired) electrons. The Balaban J connectivity index is 1.86. The predicted octanol–water partition coefficient (Wildman–Crippen LogP) is 2.43. The Bertz CT molecular complexity index is 837. The minimum Gasteiger partial charge on any atom is -0.323 e.